The molecule has 0 saturated carbocycles. The van der Waals surface area contributed by atoms with Gasteiger partial charge in [-0.1, -0.05) is 12.2 Å². The molecule has 2 bridgehead atoms. The van der Waals surface area contributed by atoms with E-state index in [1.165, 1.54) is 22.8 Å². The van der Waals surface area contributed by atoms with Crippen molar-refractivity contribution in [1.82, 2.24) is 19.2 Å². The molecule has 4 rings (SSSR count). The third-order valence-corrected chi connectivity index (χ3v) is 6.93. The fraction of sp³-hybridized carbons (Fsp3) is 0.727. The van der Waals surface area contributed by atoms with Gasteiger partial charge in [0.25, 0.3) is 0 Å². The number of nitrogens with zero attached hydrogens (tertiary/aromatic N) is 4. The van der Waals surface area contributed by atoms with Crippen molar-refractivity contribution in [3.63, 3.8) is 0 Å². The highest BCUT2D eigenvalue weighted by Gasteiger charge is 2.42. The van der Waals surface area contributed by atoms with Gasteiger partial charge in [0.2, 0.25) is 0 Å². The molecule has 0 amide bonds. The van der Waals surface area contributed by atoms with E-state index in [4.69, 9.17) is 4.74 Å². The van der Waals surface area contributed by atoms with Gasteiger partial charge in [-0.3, -0.25) is 9.47 Å². The maximum Gasteiger partial charge on any atom is 0.345 e. The Morgan fingerprint density at radius 2 is 2.03 bits per heavy atom. The average Bonchev–Trinajstić information content (AvgIpc) is 3.12. The minimum Gasteiger partial charge on any atom is -0.388 e. The number of alkyl halides is 1. The topological polar surface area (TPSA) is 72.5 Å². The van der Waals surface area contributed by atoms with E-state index in [1.54, 1.807) is 0 Å². The number of hydrogen-bond acceptors (Lipinski definition) is 5. The third-order valence-electron chi connectivity index (χ3n) is 6.93. The second-order valence-corrected chi connectivity index (χ2v) is 8.91. The molecule has 2 fully saturated rings. The van der Waals surface area contributed by atoms with Crippen molar-refractivity contribution >= 4 is 0 Å². The van der Waals surface area contributed by atoms with Crippen LogP contribution in [-0.4, -0.2) is 61.9 Å². The Morgan fingerprint density at radius 1 is 1.30 bits per heavy atom. The Morgan fingerprint density at radius 3 is 2.67 bits per heavy atom. The number of piperidine rings is 1. The lowest BCUT2D eigenvalue weighted by Crippen LogP contribution is -2.48. The summed E-state index contributed by atoms with van der Waals surface area (Å²) in [7, 11) is 1.54. The molecule has 3 heterocycles. The maximum atomic E-state index is 14.8. The molecule has 3 aliphatic rings. The van der Waals surface area contributed by atoms with Crippen molar-refractivity contribution in [3.05, 3.63) is 39.6 Å². The second-order valence-electron chi connectivity index (χ2n) is 8.91. The summed E-state index contributed by atoms with van der Waals surface area (Å²) in [6.45, 7) is 2.76. The van der Waals surface area contributed by atoms with Gasteiger partial charge in [-0.25, -0.2) is 13.9 Å². The van der Waals surface area contributed by atoms with E-state index < -0.39 is 6.17 Å². The van der Waals surface area contributed by atoms with Crippen LogP contribution in [0.4, 0.5) is 4.39 Å². The fourth-order valence-electron chi connectivity index (χ4n) is 5.16. The van der Waals surface area contributed by atoms with Crippen molar-refractivity contribution in [2.75, 3.05) is 13.2 Å². The molecular weight excluding hydrogens is 387 g/mol. The smallest absolute Gasteiger partial charge is 0.345 e. The number of aliphatic hydroxyl groups is 1. The highest BCUT2D eigenvalue weighted by molar-refractivity contribution is 5.27. The predicted octanol–water partition coefficient (Wildman–Crippen LogP) is 2.09. The van der Waals surface area contributed by atoms with Crippen molar-refractivity contribution in [1.29, 1.82) is 0 Å². The van der Waals surface area contributed by atoms with E-state index in [9.17, 15) is 14.3 Å². The molecule has 1 aromatic heterocycles. The molecular formula is C22H33FN4O3. The van der Waals surface area contributed by atoms with Gasteiger partial charge in [-0.15, -0.1) is 0 Å². The highest BCUT2D eigenvalue weighted by atomic mass is 19.1. The van der Waals surface area contributed by atoms with Crippen molar-refractivity contribution in [2.24, 2.45) is 7.05 Å². The largest absolute Gasteiger partial charge is 0.388 e. The number of fused-ring (bicyclic) bond motifs is 2. The first-order chi connectivity index (χ1) is 14.5. The molecule has 30 heavy (non-hydrogen) atoms. The van der Waals surface area contributed by atoms with Crippen molar-refractivity contribution < 1.29 is 14.2 Å². The highest BCUT2D eigenvalue weighted by Crippen LogP contribution is 2.37. The number of ether oxygens (including phenoxy) is 1. The SMILES string of the molecule is CC1=C(COC2CC3CCC(C2)N3CC(F)Cn2nc(CO)n(C)c2=O)CCC=C1. The van der Waals surface area contributed by atoms with Gasteiger partial charge in [0.1, 0.15) is 12.8 Å². The molecule has 0 spiro atoms. The van der Waals surface area contributed by atoms with E-state index in [0.717, 1.165) is 43.2 Å². The van der Waals surface area contributed by atoms with Crippen LogP contribution in [0, 0.1) is 0 Å². The average molecular weight is 421 g/mol. The quantitative estimate of drug-likeness (QED) is 0.697. The van der Waals surface area contributed by atoms with Crippen LogP contribution >= 0.6 is 0 Å². The van der Waals surface area contributed by atoms with Gasteiger partial charge in [-0.05, 0) is 56.6 Å². The minimum absolute atomic E-state index is 0.0799. The lowest BCUT2D eigenvalue weighted by molar-refractivity contribution is -0.0195. The summed E-state index contributed by atoms with van der Waals surface area (Å²) < 4.78 is 23.5. The molecule has 8 heteroatoms. The molecule has 3 unspecified atom stereocenters. The van der Waals surface area contributed by atoms with E-state index in [1.807, 2.05) is 0 Å². The van der Waals surface area contributed by atoms with E-state index in [0.29, 0.717) is 25.2 Å². The van der Waals surface area contributed by atoms with Crippen molar-refractivity contribution in [2.45, 2.75) is 83.0 Å². The van der Waals surface area contributed by atoms with Crippen LogP contribution in [0.15, 0.2) is 28.1 Å². The summed E-state index contributed by atoms with van der Waals surface area (Å²) in [6.07, 6.45) is 9.72. The summed E-state index contributed by atoms with van der Waals surface area (Å²) in [4.78, 5) is 14.4. The van der Waals surface area contributed by atoms with Crippen LogP contribution in [0.1, 0.15) is 51.3 Å². The van der Waals surface area contributed by atoms with Gasteiger partial charge < -0.3 is 9.84 Å². The molecule has 2 saturated heterocycles. The van der Waals surface area contributed by atoms with E-state index in [-0.39, 0.29) is 30.8 Å². The molecule has 1 N–H and O–H groups in total. The zero-order valence-corrected chi connectivity index (χ0v) is 18.0. The standard InChI is InChI=1S/C22H33FN4O3/c1-15-5-3-4-6-16(15)14-30-20-9-18-7-8-19(10-20)26(18)11-17(23)12-27-22(29)25(2)21(13-28)24-27/h3,5,17-20,28H,4,6-14H2,1-2H3. The third kappa shape index (κ3) is 4.45. The van der Waals surface area contributed by atoms with Gasteiger partial charge in [0.05, 0.1) is 19.3 Å². The van der Waals surface area contributed by atoms with Crippen LogP contribution in [0.25, 0.3) is 0 Å². The first-order valence-electron chi connectivity index (χ1n) is 11.1. The number of aliphatic hydroxyl groups excluding tert-OH is 1. The molecule has 0 radical (unpaired) electrons. The first kappa shape index (κ1) is 21.5. The molecule has 1 aromatic rings. The maximum absolute atomic E-state index is 14.8. The molecule has 166 valence electrons. The van der Waals surface area contributed by atoms with E-state index in [2.05, 4.69) is 29.1 Å². The van der Waals surface area contributed by atoms with Gasteiger partial charge in [0.15, 0.2) is 5.82 Å². The number of aromatic nitrogens is 3. The van der Waals surface area contributed by atoms with E-state index >= 15 is 0 Å². The normalized spacial score (nSPS) is 27.8. The van der Waals surface area contributed by atoms with Crippen LogP contribution in [0.5, 0.6) is 0 Å². The number of halogens is 1. The van der Waals surface area contributed by atoms with Gasteiger partial charge in [0, 0.05) is 25.7 Å². The molecule has 1 aliphatic carbocycles. The number of rotatable bonds is 8. The van der Waals surface area contributed by atoms with Crippen LogP contribution in [0.3, 0.4) is 0 Å². The van der Waals surface area contributed by atoms with Crippen LogP contribution in [-0.2, 0) is 24.9 Å². The Hall–Kier alpha value is -1.77. The minimum atomic E-state index is -1.17. The second kappa shape index (κ2) is 9.16. The summed E-state index contributed by atoms with van der Waals surface area (Å²) in [6, 6.07) is 0.698. The van der Waals surface area contributed by atoms with Crippen LogP contribution in [0.2, 0.25) is 0 Å². The molecule has 0 aromatic carbocycles. The van der Waals surface area contributed by atoms with Crippen LogP contribution < -0.4 is 5.69 Å². The fourth-order valence-corrected chi connectivity index (χ4v) is 5.16. The monoisotopic (exact) mass is 420 g/mol. The Balaban J connectivity index is 1.31. The summed E-state index contributed by atoms with van der Waals surface area (Å²) in [5.74, 6) is 0.254. The molecule has 2 aliphatic heterocycles. The Labute approximate surface area is 176 Å². The molecule has 7 nitrogen and oxygen atoms in total. The lowest BCUT2D eigenvalue weighted by Gasteiger charge is -2.39. The number of allylic oxidation sites excluding steroid dienone is 3. The zero-order valence-electron chi connectivity index (χ0n) is 18.0. The van der Waals surface area contributed by atoms with Gasteiger partial charge in [-0.2, -0.15) is 5.10 Å². The van der Waals surface area contributed by atoms with Gasteiger partial charge >= 0.3 is 5.69 Å². The number of hydrogen-bond donors (Lipinski definition) is 1. The zero-order chi connectivity index (χ0) is 21.3. The Bertz CT molecular complexity index is 860. The first-order valence-corrected chi connectivity index (χ1v) is 11.1. The summed E-state index contributed by atoms with van der Waals surface area (Å²) in [5.41, 5.74) is 2.34. The summed E-state index contributed by atoms with van der Waals surface area (Å²) >= 11 is 0. The van der Waals surface area contributed by atoms with Crippen molar-refractivity contribution in [3.8, 4) is 0 Å². The molecule has 3 atom stereocenters. The summed E-state index contributed by atoms with van der Waals surface area (Å²) in [5, 5.41) is 13.3. The Kier molecular flexibility index (Phi) is 6.55. The lowest BCUT2D eigenvalue weighted by atomic mass is 9.97. The predicted molar refractivity (Wildman–Crippen MR) is 112 cm³/mol.